The first-order chi connectivity index (χ1) is 8.60. The molecule has 1 amide bonds. The molecule has 0 heterocycles. The zero-order chi connectivity index (χ0) is 13.5. The zero-order valence-electron chi connectivity index (χ0n) is 10.2. The molecule has 0 aliphatic rings. The Balaban J connectivity index is 2.90. The normalized spacial score (nSPS) is 10.4. The molecule has 1 aromatic carbocycles. The van der Waals surface area contributed by atoms with E-state index in [1.54, 1.807) is 25.3 Å². The number of amides is 1. The lowest BCUT2D eigenvalue weighted by atomic mass is 10.1. The SMILES string of the molecule is COCCN(CCO)C(=O)c1cc(Br)ccc1N. The van der Waals surface area contributed by atoms with Crippen LogP contribution in [0.5, 0.6) is 0 Å². The number of aliphatic hydroxyl groups is 1. The smallest absolute Gasteiger partial charge is 0.256 e. The molecule has 0 aliphatic heterocycles. The van der Waals surface area contributed by atoms with Gasteiger partial charge in [-0.1, -0.05) is 15.9 Å². The Hall–Kier alpha value is -1.11. The van der Waals surface area contributed by atoms with Crippen LogP contribution in [-0.4, -0.2) is 49.3 Å². The number of halogens is 1. The lowest BCUT2D eigenvalue weighted by Crippen LogP contribution is -2.36. The summed E-state index contributed by atoms with van der Waals surface area (Å²) in [6.07, 6.45) is 0. The number of methoxy groups -OCH3 is 1. The third kappa shape index (κ3) is 3.97. The Kier molecular flexibility index (Phi) is 6.11. The number of carbonyl (C=O) groups is 1. The highest BCUT2D eigenvalue weighted by molar-refractivity contribution is 9.10. The van der Waals surface area contributed by atoms with Crippen LogP contribution in [0.15, 0.2) is 22.7 Å². The number of hydrogen-bond donors (Lipinski definition) is 2. The molecule has 1 aromatic rings. The Morgan fingerprint density at radius 1 is 1.50 bits per heavy atom. The molecule has 0 radical (unpaired) electrons. The molecule has 0 saturated heterocycles. The summed E-state index contributed by atoms with van der Waals surface area (Å²) in [5.74, 6) is -0.208. The standard InChI is InChI=1S/C12H17BrN2O3/c1-18-7-5-15(4-6-16)12(17)10-8-9(13)2-3-11(10)14/h2-3,8,16H,4-7,14H2,1H3. The molecule has 0 unspecified atom stereocenters. The van der Waals surface area contributed by atoms with Crippen molar-refractivity contribution in [3.8, 4) is 0 Å². The van der Waals surface area contributed by atoms with Crippen LogP contribution in [0.3, 0.4) is 0 Å². The third-order valence-electron chi connectivity index (χ3n) is 2.47. The fourth-order valence-corrected chi connectivity index (χ4v) is 1.88. The van der Waals surface area contributed by atoms with Gasteiger partial charge >= 0.3 is 0 Å². The van der Waals surface area contributed by atoms with Gasteiger partial charge in [0.25, 0.3) is 5.91 Å². The van der Waals surface area contributed by atoms with E-state index in [9.17, 15) is 4.79 Å². The number of rotatable bonds is 6. The molecule has 0 atom stereocenters. The molecule has 100 valence electrons. The van der Waals surface area contributed by atoms with Crippen molar-refractivity contribution in [1.29, 1.82) is 0 Å². The number of nitrogen functional groups attached to an aromatic ring is 1. The highest BCUT2D eigenvalue weighted by Gasteiger charge is 2.17. The molecule has 5 nitrogen and oxygen atoms in total. The van der Waals surface area contributed by atoms with Crippen molar-refractivity contribution in [2.24, 2.45) is 0 Å². The first-order valence-corrected chi connectivity index (χ1v) is 6.33. The highest BCUT2D eigenvalue weighted by Crippen LogP contribution is 2.20. The lowest BCUT2D eigenvalue weighted by molar-refractivity contribution is 0.0657. The highest BCUT2D eigenvalue weighted by atomic mass is 79.9. The van der Waals surface area contributed by atoms with E-state index in [0.29, 0.717) is 24.4 Å². The van der Waals surface area contributed by atoms with Crippen LogP contribution in [0.1, 0.15) is 10.4 Å². The molecule has 6 heteroatoms. The second kappa shape index (κ2) is 7.35. The molecule has 18 heavy (non-hydrogen) atoms. The zero-order valence-corrected chi connectivity index (χ0v) is 11.8. The number of aliphatic hydroxyl groups excluding tert-OH is 1. The largest absolute Gasteiger partial charge is 0.398 e. The number of nitrogens with zero attached hydrogens (tertiary/aromatic N) is 1. The summed E-state index contributed by atoms with van der Waals surface area (Å²) in [5.41, 5.74) is 6.64. The van der Waals surface area contributed by atoms with Crippen LogP contribution >= 0.6 is 15.9 Å². The fraction of sp³-hybridized carbons (Fsp3) is 0.417. The Morgan fingerprint density at radius 3 is 2.83 bits per heavy atom. The van der Waals surface area contributed by atoms with E-state index in [2.05, 4.69) is 15.9 Å². The van der Waals surface area contributed by atoms with Crippen molar-refractivity contribution in [1.82, 2.24) is 4.90 Å². The number of anilines is 1. The number of benzene rings is 1. The van der Waals surface area contributed by atoms with Crippen molar-refractivity contribution in [3.05, 3.63) is 28.2 Å². The Bertz CT molecular complexity index is 412. The second-order valence-electron chi connectivity index (χ2n) is 3.74. The van der Waals surface area contributed by atoms with E-state index < -0.39 is 0 Å². The lowest BCUT2D eigenvalue weighted by Gasteiger charge is -2.22. The molecule has 0 spiro atoms. The summed E-state index contributed by atoms with van der Waals surface area (Å²) < 4.78 is 5.73. The van der Waals surface area contributed by atoms with Gasteiger partial charge in [-0.05, 0) is 18.2 Å². The van der Waals surface area contributed by atoms with Crippen molar-refractivity contribution in [2.75, 3.05) is 39.1 Å². The molecular formula is C12H17BrN2O3. The Morgan fingerprint density at radius 2 is 2.22 bits per heavy atom. The predicted molar refractivity (Wildman–Crippen MR) is 73.4 cm³/mol. The van der Waals surface area contributed by atoms with Crippen molar-refractivity contribution in [3.63, 3.8) is 0 Å². The number of ether oxygens (including phenoxy) is 1. The van der Waals surface area contributed by atoms with E-state index in [0.717, 1.165) is 4.47 Å². The van der Waals surface area contributed by atoms with E-state index in [1.807, 2.05) is 0 Å². The minimum Gasteiger partial charge on any atom is -0.398 e. The molecule has 0 aromatic heterocycles. The van der Waals surface area contributed by atoms with Gasteiger partial charge < -0.3 is 20.5 Å². The van der Waals surface area contributed by atoms with E-state index in [4.69, 9.17) is 15.6 Å². The van der Waals surface area contributed by atoms with E-state index in [1.165, 1.54) is 4.90 Å². The number of hydrogen-bond acceptors (Lipinski definition) is 4. The van der Waals surface area contributed by atoms with E-state index >= 15 is 0 Å². The van der Waals surface area contributed by atoms with E-state index in [-0.39, 0.29) is 19.1 Å². The molecule has 1 rings (SSSR count). The number of nitrogens with two attached hydrogens (primary N) is 1. The summed E-state index contributed by atoms with van der Waals surface area (Å²) >= 11 is 3.31. The van der Waals surface area contributed by atoms with Gasteiger partial charge in [-0.15, -0.1) is 0 Å². The predicted octanol–water partition coefficient (Wildman–Crippen LogP) is 1.11. The van der Waals surface area contributed by atoms with Crippen LogP contribution in [0, 0.1) is 0 Å². The van der Waals surface area contributed by atoms with Crippen LogP contribution in [0.25, 0.3) is 0 Å². The molecule has 0 fully saturated rings. The first kappa shape index (κ1) is 14.9. The minimum absolute atomic E-state index is 0.0939. The van der Waals surface area contributed by atoms with Crippen molar-refractivity contribution in [2.45, 2.75) is 0 Å². The number of carbonyl (C=O) groups excluding carboxylic acids is 1. The van der Waals surface area contributed by atoms with Gasteiger partial charge in [0.15, 0.2) is 0 Å². The van der Waals surface area contributed by atoms with Gasteiger partial charge in [0.2, 0.25) is 0 Å². The maximum atomic E-state index is 12.3. The third-order valence-corrected chi connectivity index (χ3v) is 2.96. The van der Waals surface area contributed by atoms with Gasteiger partial charge in [-0.25, -0.2) is 0 Å². The van der Waals surface area contributed by atoms with Crippen molar-refractivity contribution < 1.29 is 14.6 Å². The molecule has 0 aliphatic carbocycles. The first-order valence-electron chi connectivity index (χ1n) is 5.54. The fourth-order valence-electron chi connectivity index (χ4n) is 1.52. The van der Waals surface area contributed by atoms with Crippen LogP contribution in [-0.2, 0) is 4.74 Å². The van der Waals surface area contributed by atoms with Gasteiger partial charge in [0.05, 0.1) is 18.8 Å². The summed E-state index contributed by atoms with van der Waals surface area (Å²) in [6, 6.07) is 5.12. The summed E-state index contributed by atoms with van der Waals surface area (Å²) in [4.78, 5) is 13.8. The van der Waals surface area contributed by atoms with Gasteiger partial charge in [0, 0.05) is 30.4 Å². The molecular weight excluding hydrogens is 300 g/mol. The maximum absolute atomic E-state index is 12.3. The van der Waals surface area contributed by atoms with Gasteiger partial charge in [-0.3, -0.25) is 4.79 Å². The summed E-state index contributed by atoms with van der Waals surface area (Å²) in [7, 11) is 1.56. The topological polar surface area (TPSA) is 75.8 Å². The maximum Gasteiger partial charge on any atom is 0.256 e. The Labute approximate surface area is 115 Å². The minimum atomic E-state index is -0.208. The van der Waals surface area contributed by atoms with Crippen LogP contribution in [0.4, 0.5) is 5.69 Å². The molecule has 0 bridgehead atoms. The monoisotopic (exact) mass is 316 g/mol. The van der Waals surface area contributed by atoms with Crippen LogP contribution < -0.4 is 5.73 Å². The quantitative estimate of drug-likeness (QED) is 0.771. The second-order valence-corrected chi connectivity index (χ2v) is 4.66. The van der Waals surface area contributed by atoms with Gasteiger partial charge in [-0.2, -0.15) is 0 Å². The van der Waals surface area contributed by atoms with Crippen LogP contribution in [0.2, 0.25) is 0 Å². The van der Waals surface area contributed by atoms with Gasteiger partial charge in [0.1, 0.15) is 0 Å². The molecule has 3 N–H and O–H groups in total. The average Bonchev–Trinajstić information content (AvgIpc) is 2.36. The summed E-state index contributed by atoms with van der Waals surface area (Å²) in [6.45, 7) is 0.999. The van der Waals surface area contributed by atoms with Crippen molar-refractivity contribution >= 4 is 27.5 Å². The molecule has 0 saturated carbocycles. The average molecular weight is 317 g/mol. The summed E-state index contributed by atoms with van der Waals surface area (Å²) in [5, 5.41) is 8.98.